The molecule has 0 fully saturated rings. The van der Waals surface area contributed by atoms with Gasteiger partial charge in [0.25, 0.3) is 0 Å². The molecule has 2 aromatic rings. The fourth-order valence-corrected chi connectivity index (χ4v) is 1.86. The minimum atomic E-state index is -1.08. The summed E-state index contributed by atoms with van der Waals surface area (Å²) in [6.45, 7) is 0. The van der Waals surface area contributed by atoms with Gasteiger partial charge >= 0.3 is 0 Å². The Balaban J connectivity index is 2.63. The Morgan fingerprint density at radius 2 is 2.00 bits per heavy atom. The molecule has 1 heterocycles. The number of rotatable bonds is 2. The second-order valence-corrected chi connectivity index (χ2v) is 4.02. The van der Waals surface area contributed by atoms with Gasteiger partial charge in [-0.25, -0.2) is 8.78 Å². The third kappa shape index (κ3) is 2.61. The van der Waals surface area contributed by atoms with Crippen LogP contribution in [0.5, 0.6) is 0 Å². The molecular formula is C14H7ClF2N2. The van der Waals surface area contributed by atoms with Crippen molar-refractivity contribution in [1.82, 2.24) is 4.98 Å². The number of halogens is 3. The van der Waals surface area contributed by atoms with Gasteiger partial charge in [-0.3, -0.25) is 4.98 Å². The van der Waals surface area contributed by atoms with Crippen LogP contribution in [0.25, 0.3) is 10.6 Å². The van der Waals surface area contributed by atoms with Gasteiger partial charge in [0.2, 0.25) is 0 Å². The number of benzene rings is 1. The molecule has 0 aliphatic rings. The summed E-state index contributed by atoms with van der Waals surface area (Å²) in [4.78, 5) is 3.86. The quantitative estimate of drug-likeness (QED) is 0.778. The normalized spacial score (nSPS) is 11.7. The molecule has 0 aliphatic heterocycles. The second-order valence-electron chi connectivity index (χ2n) is 3.64. The van der Waals surface area contributed by atoms with Gasteiger partial charge in [-0.05, 0) is 12.1 Å². The molecule has 5 heteroatoms. The summed E-state index contributed by atoms with van der Waals surface area (Å²) < 4.78 is 26.8. The molecule has 0 saturated heterocycles. The molecule has 1 aromatic heterocycles. The third-order valence-corrected chi connectivity index (χ3v) is 2.86. The average Bonchev–Trinajstić information content (AvgIpc) is 2.44. The van der Waals surface area contributed by atoms with Crippen molar-refractivity contribution in [3.8, 4) is 6.07 Å². The third-order valence-electron chi connectivity index (χ3n) is 2.47. The molecule has 0 saturated carbocycles. The summed E-state index contributed by atoms with van der Waals surface area (Å²) in [6.07, 6.45) is 2.97. The van der Waals surface area contributed by atoms with Crippen molar-refractivity contribution < 1.29 is 8.78 Å². The number of aromatic nitrogens is 1. The van der Waals surface area contributed by atoms with Crippen LogP contribution in [0.15, 0.2) is 42.7 Å². The standard InChI is InChI=1S/C14H7ClF2N2/c15-13(10-4-1-5-12(16)14(10)17)11(7-18)9-3-2-6-19-8-9/h1-6,8H/b13-11+. The van der Waals surface area contributed by atoms with E-state index in [0.717, 1.165) is 6.07 Å². The summed E-state index contributed by atoms with van der Waals surface area (Å²) in [5.41, 5.74) is 0.333. The van der Waals surface area contributed by atoms with E-state index in [4.69, 9.17) is 16.9 Å². The smallest absolute Gasteiger partial charge is 0.167 e. The first kappa shape index (κ1) is 13.2. The van der Waals surface area contributed by atoms with Crippen LogP contribution in [-0.4, -0.2) is 4.98 Å². The fourth-order valence-electron chi connectivity index (χ4n) is 1.56. The molecular weight excluding hydrogens is 270 g/mol. The summed E-state index contributed by atoms with van der Waals surface area (Å²) in [5.74, 6) is -2.09. The monoisotopic (exact) mass is 276 g/mol. The predicted molar refractivity (Wildman–Crippen MR) is 68.9 cm³/mol. The molecule has 0 radical (unpaired) electrons. The van der Waals surface area contributed by atoms with Crippen molar-refractivity contribution in [3.63, 3.8) is 0 Å². The Bertz CT molecular complexity index is 676. The predicted octanol–water partition coefficient (Wildman–Crippen LogP) is 3.99. The molecule has 2 nitrogen and oxygen atoms in total. The van der Waals surface area contributed by atoms with E-state index in [0.29, 0.717) is 5.56 Å². The van der Waals surface area contributed by atoms with Gasteiger partial charge < -0.3 is 0 Å². The molecule has 19 heavy (non-hydrogen) atoms. The van der Waals surface area contributed by atoms with Gasteiger partial charge in [-0.1, -0.05) is 29.8 Å². The lowest BCUT2D eigenvalue weighted by Gasteiger charge is -2.05. The Kier molecular flexibility index (Phi) is 3.88. The van der Waals surface area contributed by atoms with E-state index in [2.05, 4.69) is 4.98 Å². The number of hydrogen-bond acceptors (Lipinski definition) is 2. The lowest BCUT2D eigenvalue weighted by atomic mass is 10.0. The van der Waals surface area contributed by atoms with Crippen LogP contribution in [-0.2, 0) is 0 Å². The van der Waals surface area contributed by atoms with Crippen molar-refractivity contribution in [1.29, 1.82) is 5.26 Å². The van der Waals surface area contributed by atoms with Crippen LogP contribution in [0, 0.1) is 23.0 Å². The molecule has 0 atom stereocenters. The highest BCUT2D eigenvalue weighted by Gasteiger charge is 2.15. The van der Waals surface area contributed by atoms with Gasteiger partial charge in [0.05, 0.1) is 10.6 Å². The molecule has 1 aromatic carbocycles. The van der Waals surface area contributed by atoms with Gasteiger partial charge in [-0.2, -0.15) is 5.26 Å². The van der Waals surface area contributed by atoms with Crippen molar-refractivity contribution >= 4 is 22.2 Å². The maximum absolute atomic E-state index is 13.6. The molecule has 94 valence electrons. The minimum absolute atomic E-state index is 0.0410. The second kappa shape index (κ2) is 5.59. The fraction of sp³-hybridized carbons (Fsp3) is 0. The Morgan fingerprint density at radius 1 is 1.21 bits per heavy atom. The number of nitrogens with zero attached hydrogens (tertiary/aromatic N) is 2. The van der Waals surface area contributed by atoms with Crippen molar-refractivity contribution in [3.05, 3.63) is 65.5 Å². The largest absolute Gasteiger partial charge is 0.264 e. The summed E-state index contributed by atoms with van der Waals surface area (Å²) in [6, 6.07) is 8.75. The van der Waals surface area contributed by atoms with E-state index in [1.165, 1.54) is 24.5 Å². The van der Waals surface area contributed by atoms with Crippen LogP contribution in [0.3, 0.4) is 0 Å². The zero-order valence-corrected chi connectivity index (χ0v) is 10.3. The van der Waals surface area contributed by atoms with Crippen LogP contribution < -0.4 is 0 Å². The molecule has 2 rings (SSSR count). The van der Waals surface area contributed by atoms with Crippen molar-refractivity contribution in [2.45, 2.75) is 0 Å². The number of allylic oxidation sites excluding steroid dienone is 1. The van der Waals surface area contributed by atoms with Gasteiger partial charge in [0, 0.05) is 23.5 Å². The Hall–Kier alpha value is -2.25. The zero-order valence-electron chi connectivity index (χ0n) is 9.57. The topological polar surface area (TPSA) is 36.7 Å². The SMILES string of the molecule is N#C/C(=C(\Cl)c1cccc(F)c1F)c1cccnc1. The summed E-state index contributed by atoms with van der Waals surface area (Å²) in [5, 5.41) is 8.99. The lowest BCUT2D eigenvalue weighted by Crippen LogP contribution is -1.93. The van der Waals surface area contributed by atoms with Crippen LogP contribution >= 0.6 is 11.6 Å². The number of nitriles is 1. The molecule has 0 amide bonds. The Morgan fingerprint density at radius 3 is 2.63 bits per heavy atom. The number of pyridine rings is 1. The van der Waals surface area contributed by atoms with Crippen LogP contribution in [0.2, 0.25) is 0 Å². The number of hydrogen-bond donors (Lipinski definition) is 0. The minimum Gasteiger partial charge on any atom is -0.264 e. The Labute approximate surface area is 113 Å². The molecule has 0 N–H and O–H groups in total. The van der Waals surface area contributed by atoms with Gasteiger partial charge in [0.1, 0.15) is 6.07 Å². The first-order chi connectivity index (χ1) is 9.15. The molecule has 0 aliphatic carbocycles. The first-order valence-corrected chi connectivity index (χ1v) is 5.67. The van der Waals surface area contributed by atoms with E-state index in [1.807, 2.05) is 6.07 Å². The zero-order chi connectivity index (χ0) is 13.8. The molecule has 0 spiro atoms. The maximum Gasteiger partial charge on any atom is 0.167 e. The maximum atomic E-state index is 13.6. The summed E-state index contributed by atoms with van der Waals surface area (Å²) in [7, 11) is 0. The van der Waals surface area contributed by atoms with Crippen LogP contribution in [0.4, 0.5) is 8.78 Å². The van der Waals surface area contributed by atoms with E-state index in [9.17, 15) is 8.78 Å². The van der Waals surface area contributed by atoms with E-state index in [-0.39, 0.29) is 16.2 Å². The van der Waals surface area contributed by atoms with Crippen molar-refractivity contribution in [2.75, 3.05) is 0 Å². The highest BCUT2D eigenvalue weighted by Crippen LogP contribution is 2.31. The van der Waals surface area contributed by atoms with Gasteiger partial charge in [-0.15, -0.1) is 0 Å². The van der Waals surface area contributed by atoms with E-state index >= 15 is 0 Å². The highest BCUT2D eigenvalue weighted by atomic mass is 35.5. The summed E-state index contributed by atoms with van der Waals surface area (Å²) >= 11 is 6.01. The molecule has 0 unspecified atom stereocenters. The average molecular weight is 277 g/mol. The van der Waals surface area contributed by atoms with Gasteiger partial charge in [0.15, 0.2) is 11.6 Å². The van der Waals surface area contributed by atoms with E-state index in [1.54, 1.807) is 12.1 Å². The lowest BCUT2D eigenvalue weighted by molar-refractivity contribution is 0.507. The first-order valence-electron chi connectivity index (χ1n) is 5.29. The van der Waals surface area contributed by atoms with Crippen molar-refractivity contribution in [2.24, 2.45) is 0 Å². The molecule has 0 bridgehead atoms. The highest BCUT2D eigenvalue weighted by molar-refractivity contribution is 6.53. The van der Waals surface area contributed by atoms with Crippen LogP contribution in [0.1, 0.15) is 11.1 Å². The van der Waals surface area contributed by atoms with E-state index < -0.39 is 11.6 Å².